The third kappa shape index (κ3) is 10.9. The Morgan fingerprint density at radius 2 is 2.29 bits per heavy atom. The van der Waals surface area contributed by atoms with Crippen LogP contribution in [0.15, 0.2) is 12.2 Å². The first-order valence-electron chi connectivity index (χ1n) is 1.97. The Morgan fingerprint density at radius 3 is 2.29 bits per heavy atom. The van der Waals surface area contributed by atoms with Crippen LogP contribution in [0, 0.1) is 0 Å². The minimum atomic E-state index is 0. The third-order valence-corrected chi connectivity index (χ3v) is 0.918. The Hall–Kier alpha value is 0.986. The molecule has 0 saturated heterocycles. The van der Waals surface area contributed by atoms with Crippen molar-refractivity contribution in [2.24, 2.45) is 0 Å². The van der Waals surface area contributed by atoms with Gasteiger partial charge >= 0.3 is 23.1 Å². The van der Waals surface area contributed by atoms with Gasteiger partial charge in [-0.25, -0.2) is 0 Å². The Balaban J connectivity index is -0.0000000417. The van der Waals surface area contributed by atoms with Crippen molar-refractivity contribution in [1.82, 2.24) is 0 Å². The molecule has 0 aromatic heterocycles. The van der Waals surface area contributed by atoms with Crippen LogP contribution < -0.4 is 0 Å². The van der Waals surface area contributed by atoms with Gasteiger partial charge in [0.05, 0.1) is 0 Å². The number of alkyl halides is 1. The maximum atomic E-state index is 3.71. The number of halogens is 1. The van der Waals surface area contributed by atoms with E-state index in [1.807, 2.05) is 6.92 Å². The molecule has 0 aliphatic heterocycles. The second-order valence-corrected chi connectivity index (χ2v) is 2.19. The molecule has 2 heteroatoms. The van der Waals surface area contributed by atoms with Crippen LogP contribution >= 0.6 is 15.9 Å². The number of hydrogen-bond acceptors (Lipinski definition) is 0. The van der Waals surface area contributed by atoms with Crippen LogP contribution in [0.1, 0.15) is 16.2 Å². The van der Waals surface area contributed by atoms with Gasteiger partial charge in [-0.1, -0.05) is 21.5 Å². The van der Waals surface area contributed by atoms with Crippen molar-refractivity contribution in [2.45, 2.75) is 13.3 Å². The maximum absolute atomic E-state index is 3.71. The minimum absolute atomic E-state index is 0. The monoisotopic (exact) mass is 174 g/mol. The molecule has 0 fully saturated rings. The summed E-state index contributed by atoms with van der Waals surface area (Å²) in [7, 11) is 0. The van der Waals surface area contributed by atoms with Crippen LogP contribution in [0.4, 0.5) is 0 Å². The summed E-state index contributed by atoms with van der Waals surface area (Å²) in [5.74, 6) is 0. The summed E-state index contributed by atoms with van der Waals surface area (Å²) < 4.78 is 0. The Morgan fingerprint density at radius 1 is 1.86 bits per heavy atom. The van der Waals surface area contributed by atoms with E-state index < -0.39 is 0 Å². The van der Waals surface area contributed by atoms with Gasteiger partial charge in [-0.3, -0.25) is 0 Å². The average Bonchev–Trinajstić information content (AvgIpc) is 1.35. The minimum Gasteiger partial charge on any atom is -1.00 e. The van der Waals surface area contributed by atoms with Crippen molar-refractivity contribution in [1.29, 1.82) is 0 Å². The molecule has 0 N–H and O–H groups in total. The summed E-state index contributed by atoms with van der Waals surface area (Å²) >= 11 is 3.29. The molecular weight excluding hydrogens is 164 g/mol. The Bertz CT molecular complexity index is 58.9. The molecule has 0 aliphatic carbocycles. The first kappa shape index (κ1) is 10.9. The molecule has 0 bridgehead atoms. The smallest absolute Gasteiger partial charge is 1.00 e. The van der Waals surface area contributed by atoms with E-state index in [0.717, 1.165) is 11.8 Å². The van der Waals surface area contributed by atoms with E-state index in [4.69, 9.17) is 0 Å². The molecule has 0 amide bonds. The summed E-state index contributed by atoms with van der Waals surface area (Å²) in [5, 5.41) is 1.04. The van der Waals surface area contributed by atoms with Crippen LogP contribution in [0.25, 0.3) is 0 Å². The summed E-state index contributed by atoms with van der Waals surface area (Å²) in [4.78, 5) is 0. The molecule has 0 atom stereocenters. The van der Waals surface area contributed by atoms with Crippen LogP contribution in [0.5, 0.6) is 0 Å². The van der Waals surface area contributed by atoms with E-state index >= 15 is 0 Å². The molecule has 0 aromatic rings. The molecule has 0 nitrogen and oxygen atoms in total. The predicted octanol–water partition coefficient (Wildman–Crippen LogP) is 2.19. The topological polar surface area (TPSA) is 0 Å². The standard InChI is InChI=1S/C5H9Br.Mg.2H/c1-5(2)3-4-6;;;/h1,3-4H2,2H3;;;/q;+2;2*-1. The number of rotatable bonds is 2. The SMILES string of the molecule is C=C(C)CCBr.[H-].[H-].[Mg+2]. The molecule has 0 aliphatic rings. The zero-order valence-electron chi connectivity index (χ0n) is 6.71. The largest absolute Gasteiger partial charge is 2.00 e. The van der Waals surface area contributed by atoms with E-state index in [-0.39, 0.29) is 25.9 Å². The fourth-order valence-corrected chi connectivity index (χ4v) is 0.838. The Labute approximate surface area is 72.6 Å². The summed E-state index contributed by atoms with van der Waals surface area (Å²) in [5.41, 5.74) is 1.24. The Kier molecular flexibility index (Phi) is 10.9. The molecule has 0 spiro atoms. The first-order valence-corrected chi connectivity index (χ1v) is 3.10. The molecule has 40 valence electrons. The van der Waals surface area contributed by atoms with Gasteiger partial charge < -0.3 is 2.85 Å². The van der Waals surface area contributed by atoms with Crippen LogP contribution in [-0.2, 0) is 0 Å². The summed E-state index contributed by atoms with van der Waals surface area (Å²) in [6.45, 7) is 5.74. The summed E-state index contributed by atoms with van der Waals surface area (Å²) in [6.07, 6.45) is 1.10. The maximum Gasteiger partial charge on any atom is 2.00 e. The van der Waals surface area contributed by atoms with Crippen LogP contribution in [0.3, 0.4) is 0 Å². The van der Waals surface area contributed by atoms with E-state index in [2.05, 4.69) is 22.5 Å². The normalized spacial score (nSPS) is 7.14. The van der Waals surface area contributed by atoms with Gasteiger partial charge in [0, 0.05) is 5.33 Å². The van der Waals surface area contributed by atoms with Gasteiger partial charge in [-0.15, -0.1) is 6.58 Å². The average molecular weight is 175 g/mol. The van der Waals surface area contributed by atoms with Crippen molar-refractivity contribution in [2.75, 3.05) is 5.33 Å². The van der Waals surface area contributed by atoms with E-state index in [1.54, 1.807) is 0 Å². The van der Waals surface area contributed by atoms with Gasteiger partial charge in [0.1, 0.15) is 0 Å². The quantitative estimate of drug-likeness (QED) is 0.343. The molecule has 0 heterocycles. The zero-order chi connectivity index (χ0) is 4.99. The third-order valence-electron chi connectivity index (χ3n) is 0.521. The molecule has 0 saturated carbocycles. The second-order valence-electron chi connectivity index (χ2n) is 1.40. The van der Waals surface area contributed by atoms with Gasteiger partial charge in [-0.2, -0.15) is 0 Å². The van der Waals surface area contributed by atoms with Crippen LogP contribution in [-0.4, -0.2) is 28.4 Å². The van der Waals surface area contributed by atoms with Crippen molar-refractivity contribution in [3.05, 3.63) is 12.2 Å². The second kappa shape index (κ2) is 6.99. The van der Waals surface area contributed by atoms with E-state index in [9.17, 15) is 0 Å². The molecule has 7 heavy (non-hydrogen) atoms. The van der Waals surface area contributed by atoms with Gasteiger partial charge in [0.25, 0.3) is 0 Å². The molecule has 0 aromatic carbocycles. The molecule has 0 radical (unpaired) electrons. The van der Waals surface area contributed by atoms with Gasteiger partial charge in [-0.05, 0) is 13.3 Å². The predicted molar refractivity (Wildman–Crippen MR) is 41.2 cm³/mol. The van der Waals surface area contributed by atoms with E-state index in [1.165, 1.54) is 5.57 Å². The van der Waals surface area contributed by atoms with Crippen molar-refractivity contribution in [3.8, 4) is 0 Å². The van der Waals surface area contributed by atoms with Gasteiger partial charge in [0.15, 0.2) is 0 Å². The molecular formula is C5H11BrMg. The fourth-order valence-electron chi connectivity index (χ4n) is 0.161. The molecule has 0 rings (SSSR count). The fraction of sp³-hybridized carbons (Fsp3) is 0.600. The number of hydrogen-bond donors (Lipinski definition) is 0. The van der Waals surface area contributed by atoms with Crippen molar-refractivity contribution in [3.63, 3.8) is 0 Å². The first-order chi connectivity index (χ1) is 2.77. The van der Waals surface area contributed by atoms with E-state index in [0.29, 0.717) is 0 Å². The summed E-state index contributed by atoms with van der Waals surface area (Å²) in [6, 6.07) is 0. The van der Waals surface area contributed by atoms with Crippen LogP contribution in [0.2, 0.25) is 0 Å². The zero-order valence-corrected chi connectivity index (χ0v) is 7.71. The van der Waals surface area contributed by atoms with Gasteiger partial charge in [0.2, 0.25) is 0 Å². The number of allylic oxidation sites excluding steroid dienone is 1. The van der Waals surface area contributed by atoms with Crippen molar-refractivity contribution >= 4 is 39.0 Å². The molecule has 0 unspecified atom stereocenters. The van der Waals surface area contributed by atoms with Crippen molar-refractivity contribution < 1.29 is 2.85 Å².